The Morgan fingerprint density at radius 1 is 1.00 bits per heavy atom. The molecular weight excluding hydrogens is 440 g/mol. The number of hydrogen-bond acceptors (Lipinski definition) is 4. The lowest BCUT2D eigenvalue weighted by Gasteiger charge is -2.45. The van der Waals surface area contributed by atoms with E-state index in [2.05, 4.69) is 11.4 Å². The number of halogens is 1. The molecule has 2 amide bonds. The third kappa shape index (κ3) is 3.51. The van der Waals surface area contributed by atoms with Gasteiger partial charge in [0, 0.05) is 18.2 Å². The second-order valence-corrected chi connectivity index (χ2v) is 8.54. The van der Waals surface area contributed by atoms with Crippen LogP contribution in [0.25, 0.3) is 0 Å². The molecule has 33 heavy (non-hydrogen) atoms. The first kappa shape index (κ1) is 21.3. The summed E-state index contributed by atoms with van der Waals surface area (Å²) in [5, 5.41) is 3.36. The summed E-state index contributed by atoms with van der Waals surface area (Å²) in [4.78, 5) is 29.0. The number of benzene rings is 3. The van der Waals surface area contributed by atoms with Gasteiger partial charge in [-0.15, -0.1) is 0 Å². The Labute approximate surface area is 197 Å². The Hall–Kier alpha value is -3.51. The Bertz CT molecular complexity index is 1260. The zero-order chi connectivity index (χ0) is 23.1. The van der Waals surface area contributed by atoms with Gasteiger partial charge >= 0.3 is 0 Å². The van der Waals surface area contributed by atoms with Crippen molar-refractivity contribution in [2.75, 3.05) is 26.1 Å². The second-order valence-electron chi connectivity index (χ2n) is 8.13. The second kappa shape index (κ2) is 8.45. The summed E-state index contributed by atoms with van der Waals surface area (Å²) in [5.41, 5.74) is 3.89. The van der Waals surface area contributed by atoms with Crippen molar-refractivity contribution in [2.45, 2.75) is 18.4 Å². The van der Waals surface area contributed by atoms with Gasteiger partial charge in [0.25, 0.3) is 5.91 Å². The molecule has 2 aliphatic heterocycles. The number of carbonyl (C=O) groups is 2. The van der Waals surface area contributed by atoms with Gasteiger partial charge in [-0.1, -0.05) is 54.1 Å². The highest BCUT2D eigenvalue weighted by atomic mass is 35.5. The summed E-state index contributed by atoms with van der Waals surface area (Å²) in [6.45, 7) is 0.566. The first-order valence-electron chi connectivity index (χ1n) is 10.7. The molecule has 2 heterocycles. The molecule has 3 aromatic rings. The number of ether oxygens (including phenoxy) is 2. The Balaban J connectivity index is 1.61. The Morgan fingerprint density at radius 2 is 1.70 bits per heavy atom. The maximum absolute atomic E-state index is 13.9. The van der Waals surface area contributed by atoms with Crippen LogP contribution in [-0.2, 0) is 11.2 Å². The van der Waals surface area contributed by atoms with Crippen LogP contribution >= 0.6 is 11.6 Å². The van der Waals surface area contributed by atoms with E-state index in [0.717, 1.165) is 23.1 Å². The quantitative estimate of drug-likeness (QED) is 0.602. The Morgan fingerprint density at radius 3 is 2.45 bits per heavy atom. The lowest BCUT2D eigenvalue weighted by atomic mass is 9.76. The van der Waals surface area contributed by atoms with Crippen molar-refractivity contribution in [1.82, 2.24) is 4.90 Å². The van der Waals surface area contributed by atoms with Gasteiger partial charge < -0.3 is 19.7 Å². The van der Waals surface area contributed by atoms with Crippen molar-refractivity contribution in [1.29, 1.82) is 0 Å². The zero-order valence-electron chi connectivity index (χ0n) is 18.3. The molecule has 2 unspecified atom stereocenters. The molecule has 3 aromatic carbocycles. The molecule has 0 radical (unpaired) electrons. The van der Waals surface area contributed by atoms with E-state index in [1.54, 1.807) is 18.2 Å². The van der Waals surface area contributed by atoms with Crippen LogP contribution in [0.2, 0.25) is 5.02 Å². The maximum Gasteiger partial charge on any atom is 0.254 e. The number of methoxy groups -OCH3 is 2. The monoisotopic (exact) mass is 462 g/mol. The minimum absolute atomic E-state index is 0.0424. The highest BCUT2D eigenvalue weighted by molar-refractivity contribution is 6.32. The van der Waals surface area contributed by atoms with Crippen LogP contribution in [0.15, 0.2) is 60.7 Å². The predicted octanol–water partition coefficient (Wildman–Crippen LogP) is 4.83. The van der Waals surface area contributed by atoms with E-state index in [1.165, 1.54) is 14.2 Å². The van der Waals surface area contributed by atoms with Crippen molar-refractivity contribution in [3.63, 3.8) is 0 Å². The summed E-state index contributed by atoms with van der Waals surface area (Å²) in [5.74, 6) is 0.0181. The van der Waals surface area contributed by atoms with Crippen LogP contribution in [0.3, 0.4) is 0 Å². The van der Waals surface area contributed by atoms with E-state index >= 15 is 0 Å². The smallest absolute Gasteiger partial charge is 0.254 e. The molecule has 0 saturated heterocycles. The minimum atomic E-state index is -0.592. The van der Waals surface area contributed by atoms with Gasteiger partial charge in [0.05, 0.1) is 36.9 Å². The number of nitrogens with zero attached hydrogens (tertiary/aromatic N) is 1. The average molecular weight is 463 g/mol. The summed E-state index contributed by atoms with van der Waals surface area (Å²) in [6.07, 6.45) is 0.761. The molecular formula is C26H23ClN2O4. The molecule has 5 rings (SSSR count). The standard InChI is InChI=1S/C26H23ClN2O4/c1-32-21-14-22(33-2)20(13-19(21)27)28-25(30)23-17-9-5-6-10-18(17)26(31)29-12-11-15-7-3-4-8-16(15)24(23)29/h3-10,13-14,23-24H,11-12H2,1-2H3,(H,28,30). The molecule has 0 aliphatic carbocycles. The molecule has 0 aromatic heterocycles. The third-order valence-electron chi connectivity index (χ3n) is 6.45. The first-order chi connectivity index (χ1) is 16.0. The SMILES string of the molecule is COc1cc(OC)c(NC(=O)C2c3ccccc3C(=O)N3CCc4ccccc4C23)cc1Cl. The minimum Gasteiger partial charge on any atom is -0.495 e. The molecule has 0 bridgehead atoms. The van der Waals surface area contributed by atoms with Crippen LogP contribution in [0, 0.1) is 0 Å². The Kier molecular flexibility index (Phi) is 5.46. The number of carbonyl (C=O) groups excluding carboxylic acids is 2. The van der Waals surface area contributed by atoms with Crippen molar-refractivity contribution in [3.8, 4) is 11.5 Å². The summed E-state index contributed by atoms with van der Waals surface area (Å²) < 4.78 is 10.7. The van der Waals surface area contributed by atoms with Gasteiger partial charge in [-0.25, -0.2) is 0 Å². The zero-order valence-corrected chi connectivity index (χ0v) is 19.1. The van der Waals surface area contributed by atoms with Crippen molar-refractivity contribution in [2.24, 2.45) is 0 Å². The number of amides is 2. The van der Waals surface area contributed by atoms with Gasteiger partial charge in [0.2, 0.25) is 5.91 Å². The van der Waals surface area contributed by atoms with Crippen molar-refractivity contribution >= 4 is 29.1 Å². The lowest BCUT2D eigenvalue weighted by Crippen LogP contribution is -2.49. The highest BCUT2D eigenvalue weighted by Crippen LogP contribution is 2.47. The maximum atomic E-state index is 13.9. The predicted molar refractivity (Wildman–Crippen MR) is 126 cm³/mol. The van der Waals surface area contributed by atoms with Crippen molar-refractivity contribution in [3.05, 3.63) is 87.9 Å². The molecule has 0 fully saturated rings. The van der Waals surface area contributed by atoms with E-state index in [0.29, 0.717) is 34.3 Å². The number of hydrogen-bond donors (Lipinski definition) is 1. The largest absolute Gasteiger partial charge is 0.495 e. The van der Waals surface area contributed by atoms with Gasteiger partial charge in [0.1, 0.15) is 11.5 Å². The van der Waals surface area contributed by atoms with Crippen LogP contribution in [0.1, 0.15) is 39.0 Å². The van der Waals surface area contributed by atoms with Crippen LogP contribution in [-0.4, -0.2) is 37.5 Å². The van der Waals surface area contributed by atoms with Gasteiger partial charge in [-0.3, -0.25) is 9.59 Å². The first-order valence-corrected chi connectivity index (χ1v) is 11.1. The molecule has 2 atom stereocenters. The summed E-state index contributed by atoms with van der Waals surface area (Å²) in [6, 6.07) is 18.2. The lowest BCUT2D eigenvalue weighted by molar-refractivity contribution is -0.119. The number of rotatable bonds is 4. The van der Waals surface area contributed by atoms with E-state index in [1.807, 2.05) is 41.3 Å². The molecule has 168 valence electrons. The average Bonchev–Trinajstić information content (AvgIpc) is 2.84. The fourth-order valence-corrected chi connectivity index (χ4v) is 5.17. The molecule has 0 saturated carbocycles. The summed E-state index contributed by atoms with van der Waals surface area (Å²) >= 11 is 6.32. The van der Waals surface area contributed by atoms with Gasteiger partial charge in [-0.05, 0) is 35.2 Å². The fraction of sp³-hybridized carbons (Fsp3) is 0.231. The molecule has 0 spiro atoms. The molecule has 1 N–H and O–H groups in total. The number of nitrogens with one attached hydrogen (secondary N) is 1. The molecule has 6 nitrogen and oxygen atoms in total. The van der Waals surface area contributed by atoms with E-state index in [9.17, 15) is 9.59 Å². The van der Waals surface area contributed by atoms with Crippen LogP contribution in [0.5, 0.6) is 11.5 Å². The normalized spacial score (nSPS) is 18.6. The molecule has 2 aliphatic rings. The topological polar surface area (TPSA) is 67.9 Å². The third-order valence-corrected chi connectivity index (χ3v) is 6.74. The number of anilines is 1. The van der Waals surface area contributed by atoms with Crippen molar-refractivity contribution < 1.29 is 19.1 Å². The number of fused-ring (bicyclic) bond motifs is 4. The van der Waals surface area contributed by atoms with Crippen LogP contribution < -0.4 is 14.8 Å². The highest BCUT2D eigenvalue weighted by Gasteiger charge is 2.46. The molecule has 7 heteroatoms. The van der Waals surface area contributed by atoms with E-state index in [4.69, 9.17) is 21.1 Å². The summed E-state index contributed by atoms with van der Waals surface area (Å²) in [7, 11) is 3.04. The van der Waals surface area contributed by atoms with Gasteiger partial charge in [-0.2, -0.15) is 0 Å². The fourth-order valence-electron chi connectivity index (χ4n) is 4.93. The van der Waals surface area contributed by atoms with E-state index < -0.39 is 12.0 Å². The van der Waals surface area contributed by atoms with Crippen LogP contribution in [0.4, 0.5) is 5.69 Å². The van der Waals surface area contributed by atoms with E-state index in [-0.39, 0.29) is 11.8 Å². The van der Waals surface area contributed by atoms with Gasteiger partial charge in [0.15, 0.2) is 0 Å².